The molecule has 1 aromatic carbocycles. The standard InChI is InChI=1S/C14H16F3N3O/c1-9(2)20(7-3-6-18)13(21)11-8-10(14(15,16)17)4-5-12(11)19/h4-5,8-9H,3,7,19H2,1-2H3. The summed E-state index contributed by atoms with van der Waals surface area (Å²) in [7, 11) is 0. The van der Waals surface area contributed by atoms with Gasteiger partial charge in [-0.1, -0.05) is 0 Å². The quantitative estimate of drug-likeness (QED) is 0.869. The van der Waals surface area contributed by atoms with Gasteiger partial charge in [0.15, 0.2) is 0 Å². The van der Waals surface area contributed by atoms with Gasteiger partial charge in [-0.05, 0) is 32.0 Å². The van der Waals surface area contributed by atoms with E-state index in [2.05, 4.69) is 0 Å². The molecule has 0 aliphatic rings. The molecule has 0 saturated carbocycles. The molecule has 0 aromatic heterocycles. The molecular formula is C14H16F3N3O. The van der Waals surface area contributed by atoms with Crippen LogP contribution in [0.15, 0.2) is 18.2 Å². The Morgan fingerprint density at radius 2 is 2.05 bits per heavy atom. The molecule has 0 atom stereocenters. The highest BCUT2D eigenvalue weighted by Crippen LogP contribution is 2.31. The van der Waals surface area contributed by atoms with Crippen LogP contribution in [0.3, 0.4) is 0 Å². The fourth-order valence-electron chi connectivity index (χ4n) is 1.84. The third-order valence-electron chi connectivity index (χ3n) is 2.96. The SMILES string of the molecule is CC(C)N(CCC#N)C(=O)c1cc(C(F)(F)F)ccc1N. The zero-order chi connectivity index (χ0) is 16.2. The fraction of sp³-hybridized carbons (Fsp3) is 0.429. The van der Waals surface area contributed by atoms with Crippen molar-refractivity contribution >= 4 is 11.6 Å². The third kappa shape index (κ3) is 4.12. The Morgan fingerprint density at radius 1 is 1.43 bits per heavy atom. The molecule has 1 amide bonds. The van der Waals surface area contributed by atoms with Crippen LogP contribution >= 0.6 is 0 Å². The second-order valence-electron chi connectivity index (χ2n) is 4.80. The number of carbonyl (C=O) groups is 1. The maximum Gasteiger partial charge on any atom is 0.416 e. The maximum atomic E-state index is 12.7. The summed E-state index contributed by atoms with van der Waals surface area (Å²) in [5, 5.41) is 8.59. The largest absolute Gasteiger partial charge is 0.416 e. The van der Waals surface area contributed by atoms with Gasteiger partial charge in [0.25, 0.3) is 5.91 Å². The van der Waals surface area contributed by atoms with Crippen molar-refractivity contribution in [1.82, 2.24) is 4.90 Å². The summed E-state index contributed by atoms with van der Waals surface area (Å²) in [6.07, 6.45) is -4.44. The Morgan fingerprint density at radius 3 is 2.52 bits per heavy atom. The first-order valence-electron chi connectivity index (χ1n) is 6.33. The first kappa shape index (κ1) is 16.8. The number of benzene rings is 1. The van der Waals surface area contributed by atoms with Crippen LogP contribution in [0.25, 0.3) is 0 Å². The molecule has 21 heavy (non-hydrogen) atoms. The number of nitrogens with zero attached hydrogens (tertiary/aromatic N) is 2. The van der Waals surface area contributed by atoms with E-state index >= 15 is 0 Å². The van der Waals surface area contributed by atoms with E-state index in [-0.39, 0.29) is 30.3 Å². The molecule has 7 heteroatoms. The molecule has 2 N–H and O–H groups in total. The van der Waals surface area contributed by atoms with Gasteiger partial charge in [-0.2, -0.15) is 18.4 Å². The van der Waals surface area contributed by atoms with E-state index in [4.69, 9.17) is 11.0 Å². The van der Waals surface area contributed by atoms with Crippen molar-refractivity contribution in [3.05, 3.63) is 29.3 Å². The van der Waals surface area contributed by atoms with Crippen LogP contribution < -0.4 is 5.73 Å². The van der Waals surface area contributed by atoms with Gasteiger partial charge in [-0.25, -0.2) is 0 Å². The van der Waals surface area contributed by atoms with Crippen LogP contribution in [0.1, 0.15) is 36.2 Å². The van der Waals surface area contributed by atoms with Gasteiger partial charge in [-0.3, -0.25) is 4.79 Å². The summed E-state index contributed by atoms with van der Waals surface area (Å²) in [6.45, 7) is 3.58. The van der Waals surface area contributed by atoms with Gasteiger partial charge in [-0.15, -0.1) is 0 Å². The van der Waals surface area contributed by atoms with Crippen molar-refractivity contribution in [3.8, 4) is 6.07 Å². The van der Waals surface area contributed by atoms with E-state index in [1.54, 1.807) is 13.8 Å². The molecule has 0 aliphatic carbocycles. The van der Waals surface area contributed by atoms with Gasteiger partial charge >= 0.3 is 6.18 Å². The van der Waals surface area contributed by atoms with Gasteiger partial charge in [0.05, 0.1) is 23.6 Å². The lowest BCUT2D eigenvalue weighted by Crippen LogP contribution is -2.38. The molecule has 0 bridgehead atoms. The average molecular weight is 299 g/mol. The summed E-state index contributed by atoms with van der Waals surface area (Å²) in [5.74, 6) is -0.608. The Hall–Kier alpha value is -2.23. The van der Waals surface area contributed by atoms with Gasteiger partial charge in [0.2, 0.25) is 0 Å². The van der Waals surface area contributed by atoms with Crippen LogP contribution in [0.2, 0.25) is 0 Å². The van der Waals surface area contributed by atoms with Crippen molar-refractivity contribution < 1.29 is 18.0 Å². The lowest BCUT2D eigenvalue weighted by atomic mass is 10.1. The predicted molar refractivity (Wildman–Crippen MR) is 72.3 cm³/mol. The lowest BCUT2D eigenvalue weighted by molar-refractivity contribution is -0.137. The van der Waals surface area contributed by atoms with E-state index < -0.39 is 17.6 Å². The number of halogens is 3. The smallest absolute Gasteiger partial charge is 0.398 e. The number of nitrogen functional groups attached to an aromatic ring is 1. The van der Waals surface area contributed by atoms with Crippen LogP contribution in [0, 0.1) is 11.3 Å². The fourth-order valence-corrected chi connectivity index (χ4v) is 1.84. The number of carbonyl (C=O) groups excluding carboxylic acids is 1. The molecule has 1 aromatic rings. The number of hydrogen-bond acceptors (Lipinski definition) is 3. The minimum absolute atomic E-state index is 0.0180. The van der Waals surface area contributed by atoms with Crippen molar-refractivity contribution in [1.29, 1.82) is 5.26 Å². The van der Waals surface area contributed by atoms with Crippen LogP contribution in [0.5, 0.6) is 0 Å². The summed E-state index contributed by atoms with van der Waals surface area (Å²) in [6, 6.07) is 4.31. The van der Waals surface area contributed by atoms with Crippen molar-refractivity contribution in [2.75, 3.05) is 12.3 Å². The van der Waals surface area contributed by atoms with Crippen LogP contribution in [-0.2, 0) is 6.18 Å². The average Bonchev–Trinajstić information content (AvgIpc) is 2.37. The summed E-state index contributed by atoms with van der Waals surface area (Å²) in [5.41, 5.74) is 4.48. The number of anilines is 1. The van der Waals surface area contributed by atoms with Crippen LogP contribution in [0.4, 0.5) is 18.9 Å². The van der Waals surface area contributed by atoms with Gasteiger partial charge in [0, 0.05) is 18.3 Å². The second kappa shape index (κ2) is 6.48. The molecule has 0 unspecified atom stereocenters. The topological polar surface area (TPSA) is 70.1 Å². The number of hydrogen-bond donors (Lipinski definition) is 1. The van der Waals surface area contributed by atoms with Crippen molar-refractivity contribution in [2.45, 2.75) is 32.5 Å². The highest BCUT2D eigenvalue weighted by Gasteiger charge is 2.32. The number of amides is 1. The zero-order valence-electron chi connectivity index (χ0n) is 11.7. The normalized spacial score (nSPS) is 11.3. The van der Waals surface area contributed by atoms with E-state index in [1.165, 1.54) is 4.90 Å². The van der Waals surface area contributed by atoms with Gasteiger partial charge < -0.3 is 10.6 Å². The number of rotatable bonds is 4. The molecule has 0 spiro atoms. The molecule has 0 fully saturated rings. The lowest BCUT2D eigenvalue weighted by Gasteiger charge is -2.26. The summed E-state index contributed by atoms with van der Waals surface area (Å²) >= 11 is 0. The second-order valence-corrected chi connectivity index (χ2v) is 4.80. The Kier molecular flexibility index (Phi) is 5.19. The van der Waals surface area contributed by atoms with E-state index in [1.807, 2.05) is 6.07 Å². The highest BCUT2D eigenvalue weighted by atomic mass is 19.4. The maximum absolute atomic E-state index is 12.7. The third-order valence-corrected chi connectivity index (χ3v) is 2.96. The summed E-state index contributed by atoms with van der Waals surface area (Å²) in [4.78, 5) is 13.7. The minimum Gasteiger partial charge on any atom is -0.398 e. The molecule has 0 aliphatic heterocycles. The number of nitriles is 1. The van der Waals surface area contributed by atoms with E-state index in [0.717, 1.165) is 18.2 Å². The van der Waals surface area contributed by atoms with Crippen LogP contribution in [-0.4, -0.2) is 23.4 Å². The van der Waals surface area contributed by atoms with E-state index in [9.17, 15) is 18.0 Å². The molecule has 4 nitrogen and oxygen atoms in total. The summed E-state index contributed by atoms with van der Waals surface area (Å²) < 4.78 is 38.1. The minimum atomic E-state index is -4.54. The molecular weight excluding hydrogens is 283 g/mol. The van der Waals surface area contributed by atoms with Crippen molar-refractivity contribution in [3.63, 3.8) is 0 Å². The number of alkyl halides is 3. The van der Waals surface area contributed by atoms with E-state index in [0.29, 0.717) is 0 Å². The Labute approximate surface area is 121 Å². The predicted octanol–water partition coefficient (Wildman–Crippen LogP) is 3.05. The molecule has 1 rings (SSSR count). The highest BCUT2D eigenvalue weighted by molar-refractivity contribution is 5.99. The zero-order valence-corrected chi connectivity index (χ0v) is 11.7. The molecule has 114 valence electrons. The first-order chi connectivity index (χ1) is 9.68. The first-order valence-corrected chi connectivity index (χ1v) is 6.33. The molecule has 0 saturated heterocycles. The number of nitrogens with two attached hydrogens (primary N) is 1. The van der Waals surface area contributed by atoms with Gasteiger partial charge in [0.1, 0.15) is 0 Å². The Balaban J connectivity index is 3.18. The molecule has 0 radical (unpaired) electrons. The monoisotopic (exact) mass is 299 g/mol. The molecule has 0 heterocycles. The van der Waals surface area contributed by atoms with Crippen molar-refractivity contribution in [2.24, 2.45) is 0 Å². The Bertz CT molecular complexity index is 562.